The largest absolute Gasteiger partial charge is 0.490 e. The van der Waals surface area contributed by atoms with E-state index < -0.39 is 36.1 Å². The van der Waals surface area contributed by atoms with Crippen molar-refractivity contribution in [3.63, 3.8) is 0 Å². The number of H-pyrrole nitrogens is 1. The predicted octanol–water partition coefficient (Wildman–Crippen LogP) is 5.80. The second kappa shape index (κ2) is 15.8. The molecular formula is C29H26ClF4N9O5. The summed E-state index contributed by atoms with van der Waals surface area (Å²) in [6.45, 7) is 0. The summed E-state index contributed by atoms with van der Waals surface area (Å²) in [6.07, 6.45) is 3.16. The van der Waals surface area contributed by atoms with E-state index in [4.69, 9.17) is 21.5 Å². The first-order chi connectivity index (χ1) is 22.8. The molecule has 2 bridgehead atoms. The Hall–Kier alpha value is -5.65. The van der Waals surface area contributed by atoms with Gasteiger partial charge in [0.2, 0.25) is 11.9 Å². The number of carboxylic acid groups (broad SMARTS) is 1. The highest BCUT2D eigenvalue weighted by molar-refractivity contribution is 6.30. The number of imidazole rings is 1. The van der Waals surface area contributed by atoms with Crippen molar-refractivity contribution in [1.82, 2.24) is 35.5 Å². The van der Waals surface area contributed by atoms with E-state index in [1.807, 2.05) is 0 Å². The lowest BCUT2D eigenvalue weighted by molar-refractivity contribution is -0.192. The number of benzene rings is 2. The molecule has 14 nitrogen and oxygen atoms in total. The molecule has 1 atom stereocenters. The molecule has 4 aromatic rings. The number of aliphatic carboxylic acids is 1. The van der Waals surface area contributed by atoms with Gasteiger partial charge in [0.1, 0.15) is 17.8 Å². The number of nitrogens with zero attached hydrogens (tertiary/aromatic N) is 6. The molecule has 19 heteroatoms. The van der Waals surface area contributed by atoms with Crippen molar-refractivity contribution in [1.29, 1.82) is 0 Å². The summed E-state index contributed by atoms with van der Waals surface area (Å²) in [4.78, 5) is 45.3. The number of halogens is 5. The van der Waals surface area contributed by atoms with Crippen molar-refractivity contribution < 1.29 is 41.8 Å². The molecule has 3 heterocycles. The second-order valence-electron chi connectivity index (χ2n) is 9.88. The number of nitrogens with one attached hydrogen (secondary N) is 3. The molecule has 0 saturated heterocycles. The standard InChI is InChI=1S/C27H25ClFN9O3.C2HF3O2/c1-41-27(40)32-18-8-9-19-21(14-18)30-12-4-2-3-5-20(26-34-24(19)25(29)35-26)33-23(39)11-6-16-13-17(28)7-10-22(16)38-15-31-36-37-38;3-2(4,5)1(6)7/h6-15,20H,2-5H2,1H3,(H,32,40)(H,33,39)(H,34,35);(H,6,7)/b11-6+,30-12+;/t20-;/m0./s1. The van der Waals surface area contributed by atoms with Gasteiger partial charge in [-0.15, -0.1) is 5.10 Å². The highest BCUT2D eigenvalue weighted by Gasteiger charge is 2.38. The Kier molecular flexibility index (Phi) is 11.6. The van der Waals surface area contributed by atoms with Gasteiger partial charge in [0.05, 0.1) is 24.5 Å². The SMILES string of the molecule is COC(=O)Nc1ccc2c(c1)/N=C/CCCC[C@H](NC(=O)/C=C/c1cc(Cl)ccc1-n1cnnn1)c1nc-2c(F)[nH]1.O=C(O)C(F)(F)F. The van der Waals surface area contributed by atoms with E-state index >= 15 is 4.39 Å². The van der Waals surface area contributed by atoms with E-state index in [-0.39, 0.29) is 11.5 Å². The average molecular weight is 692 g/mol. The maximum Gasteiger partial charge on any atom is 0.490 e. The lowest BCUT2D eigenvalue weighted by atomic mass is 10.1. The van der Waals surface area contributed by atoms with E-state index in [2.05, 4.69) is 45.9 Å². The number of aromatic amines is 1. The van der Waals surface area contributed by atoms with Crippen molar-refractivity contribution in [2.75, 3.05) is 12.4 Å². The molecule has 5 rings (SSSR count). The Bertz CT molecular complexity index is 1830. The highest BCUT2D eigenvalue weighted by atomic mass is 35.5. The van der Waals surface area contributed by atoms with E-state index in [1.54, 1.807) is 48.7 Å². The number of carboxylic acids is 1. The summed E-state index contributed by atoms with van der Waals surface area (Å²) in [5.74, 6) is -3.54. The summed E-state index contributed by atoms with van der Waals surface area (Å²) in [6, 6.07) is 9.40. The molecule has 0 aliphatic carbocycles. The van der Waals surface area contributed by atoms with E-state index in [0.29, 0.717) is 46.1 Å². The first kappa shape index (κ1) is 35.2. The highest BCUT2D eigenvalue weighted by Crippen LogP contribution is 2.35. The number of alkyl halides is 3. The van der Waals surface area contributed by atoms with Gasteiger partial charge in [0.15, 0.2) is 0 Å². The van der Waals surface area contributed by atoms with Gasteiger partial charge in [-0.1, -0.05) is 18.0 Å². The lowest BCUT2D eigenvalue weighted by Gasteiger charge is -2.16. The zero-order valence-corrected chi connectivity index (χ0v) is 25.6. The fourth-order valence-corrected chi connectivity index (χ4v) is 4.53. The summed E-state index contributed by atoms with van der Waals surface area (Å²) in [7, 11) is 1.26. The number of aromatic nitrogens is 6. The summed E-state index contributed by atoms with van der Waals surface area (Å²) < 4.78 is 53.0. The van der Waals surface area contributed by atoms with Crippen molar-refractivity contribution in [2.45, 2.75) is 37.9 Å². The second-order valence-corrected chi connectivity index (χ2v) is 10.3. The normalized spacial score (nSPS) is 15.2. The van der Waals surface area contributed by atoms with Crippen LogP contribution in [0.5, 0.6) is 0 Å². The Morgan fingerprint density at radius 1 is 1.17 bits per heavy atom. The minimum Gasteiger partial charge on any atom is -0.475 e. The van der Waals surface area contributed by atoms with Gasteiger partial charge < -0.3 is 20.1 Å². The number of rotatable bonds is 5. The number of fused-ring (bicyclic) bond motifs is 4. The van der Waals surface area contributed by atoms with Gasteiger partial charge in [0, 0.05) is 34.1 Å². The number of carbonyl (C=O) groups is 3. The Morgan fingerprint density at radius 2 is 1.94 bits per heavy atom. The third-order valence-corrected chi connectivity index (χ3v) is 6.79. The molecule has 0 unspecified atom stereocenters. The molecule has 1 aliphatic rings. The van der Waals surface area contributed by atoms with Gasteiger partial charge in [-0.05, 0) is 72.2 Å². The molecule has 0 radical (unpaired) electrons. The van der Waals surface area contributed by atoms with Crippen molar-refractivity contribution >= 4 is 53.2 Å². The van der Waals surface area contributed by atoms with E-state index in [9.17, 15) is 22.8 Å². The van der Waals surface area contributed by atoms with Crippen LogP contribution < -0.4 is 10.6 Å². The molecule has 2 aromatic heterocycles. The van der Waals surface area contributed by atoms with Crippen LogP contribution in [-0.2, 0) is 14.3 Å². The van der Waals surface area contributed by atoms with E-state index in [1.165, 1.54) is 24.2 Å². The fraction of sp³-hybridized carbons (Fsp3) is 0.241. The number of ether oxygens (including phenoxy) is 1. The Labute approximate surface area is 273 Å². The number of tetrazole rings is 1. The van der Waals surface area contributed by atoms with Gasteiger partial charge >= 0.3 is 18.2 Å². The summed E-state index contributed by atoms with van der Waals surface area (Å²) in [5.41, 5.74) is 2.62. The minimum atomic E-state index is -5.08. The van der Waals surface area contributed by atoms with Crippen LogP contribution in [0.3, 0.4) is 0 Å². The van der Waals surface area contributed by atoms with Crippen LogP contribution in [0.2, 0.25) is 5.02 Å². The Morgan fingerprint density at radius 3 is 2.62 bits per heavy atom. The first-order valence-electron chi connectivity index (χ1n) is 13.9. The number of methoxy groups -OCH3 is 1. The number of carbonyl (C=O) groups excluding carboxylic acids is 2. The fourth-order valence-electron chi connectivity index (χ4n) is 4.35. The third kappa shape index (κ3) is 9.44. The van der Waals surface area contributed by atoms with Crippen LogP contribution in [0.1, 0.15) is 43.1 Å². The van der Waals surface area contributed by atoms with Gasteiger partial charge in [-0.2, -0.15) is 22.2 Å². The number of aliphatic imine (C=N–C) groups is 1. The van der Waals surface area contributed by atoms with Crippen LogP contribution in [0.4, 0.5) is 33.7 Å². The monoisotopic (exact) mass is 691 g/mol. The minimum absolute atomic E-state index is 0.0529. The molecule has 2 aromatic carbocycles. The van der Waals surface area contributed by atoms with Crippen molar-refractivity contribution in [3.8, 4) is 16.9 Å². The van der Waals surface area contributed by atoms with E-state index in [0.717, 1.165) is 12.8 Å². The number of anilines is 1. The molecule has 0 saturated carbocycles. The summed E-state index contributed by atoms with van der Waals surface area (Å²) in [5, 5.41) is 24.3. The molecular weight excluding hydrogens is 666 g/mol. The molecule has 252 valence electrons. The van der Waals surface area contributed by atoms with Crippen molar-refractivity contribution in [2.24, 2.45) is 4.99 Å². The molecule has 1 aliphatic heterocycles. The molecule has 2 amide bonds. The van der Waals surface area contributed by atoms with Crippen LogP contribution in [-0.4, -0.2) is 72.8 Å². The van der Waals surface area contributed by atoms with Crippen LogP contribution in [0.15, 0.2) is 53.8 Å². The van der Waals surface area contributed by atoms with Gasteiger partial charge in [0.25, 0.3) is 0 Å². The zero-order valence-electron chi connectivity index (χ0n) is 24.8. The van der Waals surface area contributed by atoms with Crippen LogP contribution >= 0.6 is 11.6 Å². The number of amides is 2. The molecule has 48 heavy (non-hydrogen) atoms. The average Bonchev–Trinajstić information content (AvgIpc) is 3.71. The topological polar surface area (TPSA) is 189 Å². The predicted molar refractivity (Wildman–Crippen MR) is 164 cm³/mol. The quantitative estimate of drug-likeness (QED) is 0.148. The summed E-state index contributed by atoms with van der Waals surface area (Å²) >= 11 is 6.17. The maximum absolute atomic E-state index is 15.2. The zero-order chi connectivity index (χ0) is 34.8. The van der Waals surface area contributed by atoms with Gasteiger partial charge in [-0.3, -0.25) is 15.1 Å². The number of hydrogen-bond acceptors (Lipinski definition) is 9. The molecule has 4 N–H and O–H groups in total. The third-order valence-electron chi connectivity index (χ3n) is 6.56. The smallest absolute Gasteiger partial charge is 0.475 e. The van der Waals surface area contributed by atoms with Crippen molar-refractivity contribution in [3.05, 3.63) is 71.2 Å². The first-order valence-corrected chi connectivity index (χ1v) is 14.3. The van der Waals surface area contributed by atoms with Crippen LogP contribution in [0.25, 0.3) is 23.0 Å². The lowest BCUT2D eigenvalue weighted by Crippen LogP contribution is -2.27. The number of hydrogen-bond donors (Lipinski definition) is 4. The van der Waals surface area contributed by atoms with Gasteiger partial charge in [-0.25, -0.2) is 14.6 Å². The molecule has 0 fully saturated rings. The Balaban J connectivity index is 0.000000671. The maximum atomic E-state index is 15.2. The van der Waals surface area contributed by atoms with Crippen LogP contribution in [0, 0.1) is 5.95 Å². The molecule has 0 spiro atoms.